The molecule has 2 aromatic heterocycles. The molecule has 0 saturated heterocycles. The maximum atomic E-state index is 13.3. The summed E-state index contributed by atoms with van der Waals surface area (Å²) in [5.41, 5.74) is 9.87. The van der Waals surface area contributed by atoms with Gasteiger partial charge in [-0.3, -0.25) is 9.59 Å². The topological polar surface area (TPSA) is 137 Å². The molecule has 37 heavy (non-hydrogen) atoms. The van der Waals surface area contributed by atoms with Crippen LogP contribution in [0, 0.1) is 5.92 Å². The lowest BCUT2D eigenvalue weighted by molar-refractivity contribution is -0.119. The number of carbonyl (C=O) groups excluding carboxylic acids is 2. The van der Waals surface area contributed by atoms with Crippen molar-refractivity contribution >= 4 is 34.5 Å². The lowest BCUT2D eigenvalue weighted by Gasteiger charge is -2.13. The van der Waals surface area contributed by atoms with Gasteiger partial charge in [0.1, 0.15) is 29.2 Å². The van der Waals surface area contributed by atoms with E-state index >= 15 is 0 Å². The number of fused-ring (bicyclic) bond motifs is 1. The molecule has 12 heteroatoms. The summed E-state index contributed by atoms with van der Waals surface area (Å²) >= 11 is 0. The normalized spacial score (nSPS) is 15.7. The highest BCUT2D eigenvalue weighted by molar-refractivity contribution is 6.01. The molecule has 4 aromatic rings. The number of nitrogen functional groups attached to an aromatic ring is 1. The molecule has 1 aliphatic carbocycles. The van der Waals surface area contributed by atoms with E-state index in [9.17, 15) is 18.4 Å². The number of hydrogen-bond donors (Lipinski definition) is 3. The van der Waals surface area contributed by atoms with E-state index in [0.717, 1.165) is 0 Å². The Hall–Kier alpha value is -4.87. The molecule has 1 aliphatic rings. The third-order valence-electron chi connectivity index (χ3n) is 5.97. The van der Waals surface area contributed by atoms with Crippen LogP contribution in [0.4, 0.5) is 26.0 Å². The maximum Gasteiger partial charge on any atom is 0.260 e. The van der Waals surface area contributed by atoms with E-state index in [1.165, 1.54) is 24.1 Å². The molecule has 1 unspecified atom stereocenters. The molecule has 2 heterocycles. The van der Waals surface area contributed by atoms with Crippen LogP contribution in [0.25, 0.3) is 27.9 Å². The molecule has 2 aromatic carbocycles. The summed E-state index contributed by atoms with van der Waals surface area (Å²) in [7, 11) is 1.41. The standard InChI is InChI=1S/C25H21F2N7O3/c1-3-19(35)31-15-7-4-13(5-8-15)21-20(22-23(28)29-12-30-34(22)33-21)14-6-9-17(18(10-14)37-2)32-24(36)16-11-25(16,26)27/h3-10,12,16H,1,11H2,2H3,(H,31,35)(H,32,36)(H2,28,29,30). The number of rotatable bonds is 7. The molecular weight excluding hydrogens is 484 g/mol. The summed E-state index contributed by atoms with van der Waals surface area (Å²) < 4.78 is 33.5. The predicted octanol–water partition coefficient (Wildman–Crippen LogP) is 3.77. The fourth-order valence-electron chi connectivity index (χ4n) is 3.97. The van der Waals surface area contributed by atoms with E-state index in [4.69, 9.17) is 10.5 Å². The summed E-state index contributed by atoms with van der Waals surface area (Å²) in [6.07, 6.45) is 1.98. The van der Waals surface area contributed by atoms with Gasteiger partial charge in [-0.25, -0.2) is 13.8 Å². The van der Waals surface area contributed by atoms with Crippen molar-refractivity contribution in [3.63, 3.8) is 0 Å². The quantitative estimate of drug-likeness (QED) is 0.325. The smallest absolute Gasteiger partial charge is 0.260 e. The number of anilines is 3. The van der Waals surface area contributed by atoms with E-state index in [1.54, 1.807) is 42.5 Å². The second-order valence-corrected chi connectivity index (χ2v) is 8.40. The van der Waals surface area contributed by atoms with Crippen LogP contribution in [-0.2, 0) is 9.59 Å². The van der Waals surface area contributed by atoms with Crippen molar-refractivity contribution in [2.24, 2.45) is 5.92 Å². The van der Waals surface area contributed by atoms with Crippen LogP contribution in [0.1, 0.15) is 6.42 Å². The molecule has 10 nitrogen and oxygen atoms in total. The fourth-order valence-corrected chi connectivity index (χ4v) is 3.97. The Bertz CT molecular complexity index is 1550. The van der Waals surface area contributed by atoms with Crippen LogP contribution >= 0.6 is 0 Å². The highest BCUT2D eigenvalue weighted by atomic mass is 19.3. The number of nitrogens with two attached hydrogens (primary N) is 1. The molecule has 4 N–H and O–H groups in total. The molecular formula is C25H21F2N7O3. The van der Waals surface area contributed by atoms with E-state index < -0.39 is 24.2 Å². The van der Waals surface area contributed by atoms with Gasteiger partial charge in [0.15, 0.2) is 5.82 Å². The van der Waals surface area contributed by atoms with E-state index in [2.05, 4.69) is 32.4 Å². The molecule has 2 amide bonds. The molecule has 1 saturated carbocycles. The SMILES string of the molecule is C=CC(=O)Nc1ccc(-c2nn3ncnc(N)c3c2-c2ccc(NC(=O)C3CC3(F)F)c(OC)c2)cc1. The number of ether oxygens (including phenoxy) is 1. The van der Waals surface area contributed by atoms with Gasteiger partial charge in [-0.05, 0) is 35.9 Å². The van der Waals surface area contributed by atoms with Gasteiger partial charge in [0.05, 0.1) is 12.8 Å². The van der Waals surface area contributed by atoms with Crippen LogP contribution in [0.5, 0.6) is 5.75 Å². The number of hydrogen-bond acceptors (Lipinski definition) is 7. The highest BCUT2D eigenvalue weighted by Gasteiger charge is 2.61. The van der Waals surface area contributed by atoms with Crippen LogP contribution in [0.2, 0.25) is 0 Å². The molecule has 188 valence electrons. The van der Waals surface area contributed by atoms with Gasteiger partial charge >= 0.3 is 0 Å². The van der Waals surface area contributed by atoms with Gasteiger partial charge in [0.25, 0.3) is 5.92 Å². The van der Waals surface area contributed by atoms with Crippen LogP contribution < -0.4 is 21.1 Å². The zero-order valence-corrected chi connectivity index (χ0v) is 19.5. The number of amides is 2. The van der Waals surface area contributed by atoms with Crippen LogP contribution in [0.3, 0.4) is 0 Å². The Kier molecular flexibility index (Phi) is 5.78. The van der Waals surface area contributed by atoms with Crippen LogP contribution in [-0.4, -0.2) is 44.7 Å². The van der Waals surface area contributed by atoms with Crippen molar-refractivity contribution in [3.05, 3.63) is 61.4 Å². The van der Waals surface area contributed by atoms with Crippen molar-refractivity contribution in [1.29, 1.82) is 0 Å². The number of benzene rings is 2. The second-order valence-electron chi connectivity index (χ2n) is 8.40. The van der Waals surface area contributed by atoms with Crippen molar-refractivity contribution in [3.8, 4) is 28.1 Å². The number of halogens is 2. The summed E-state index contributed by atoms with van der Waals surface area (Å²) in [5, 5.41) is 14.0. The van der Waals surface area contributed by atoms with Gasteiger partial charge in [-0.1, -0.05) is 24.8 Å². The zero-order chi connectivity index (χ0) is 26.3. The molecule has 1 fully saturated rings. The number of alkyl halides is 2. The van der Waals surface area contributed by atoms with E-state index in [1.807, 2.05) is 0 Å². The molecule has 0 bridgehead atoms. The Morgan fingerprint density at radius 1 is 1.19 bits per heavy atom. The second kappa shape index (κ2) is 8.97. The largest absolute Gasteiger partial charge is 0.495 e. The average Bonchev–Trinajstić information content (AvgIpc) is 3.35. The van der Waals surface area contributed by atoms with Crippen LogP contribution in [0.15, 0.2) is 61.4 Å². The Balaban J connectivity index is 1.57. The first kappa shape index (κ1) is 23.9. The third kappa shape index (κ3) is 4.44. The number of carbonyl (C=O) groups is 2. The monoisotopic (exact) mass is 505 g/mol. The van der Waals surface area contributed by atoms with Gasteiger partial charge in [0, 0.05) is 23.2 Å². The van der Waals surface area contributed by atoms with Gasteiger partial charge in [0.2, 0.25) is 11.8 Å². The minimum Gasteiger partial charge on any atom is -0.495 e. The molecule has 0 radical (unpaired) electrons. The Morgan fingerprint density at radius 3 is 2.54 bits per heavy atom. The maximum absolute atomic E-state index is 13.3. The zero-order valence-electron chi connectivity index (χ0n) is 19.5. The molecule has 1 atom stereocenters. The summed E-state index contributed by atoms with van der Waals surface area (Å²) in [4.78, 5) is 27.9. The van der Waals surface area contributed by atoms with Gasteiger partial charge < -0.3 is 21.1 Å². The summed E-state index contributed by atoms with van der Waals surface area (Å²) in [6, 6.07) is 11.9. The lowest BCUT2D eigenvalue weighted by Crippen LogP contribution is -2.17. The van der Waals surface area contributed by atoms with Crippen molar-refractivity contribution in [2.75, 3.05) is 23.5 Å². The minimum atomic E-state index is -2.98. The number of aromatic nitrogens is 4. The lowest BCUT2D eigenvalue weighted by atomic mass is 9.99. The molecule has 5 rings (SSSR count). The summed E-state index contributed by atoms with van der Waals surface area (Å²) in [5.74, 6) is -4.99. The Labute approximate surface area is 209 Å². The Morgan fingerprint density at radius 2 is 1.89 bits per heavy atom. The third-order valence-corrected chi connectivity index (χ3v) is 5.97. The number of nitrogens with one attached hydrogen (secondary N) is 2. The van der Waals surface area contributed by atoms with E-state index in [0.29, 0.717) is 33.6 Å². The number of methoxy groups -OCH3 is 1. The van der Waals surface area contributed by atoms with E-state index in [-0.39, 0.29) is 23.2 Å². The minimum absolute atomic E-state index is 0.186. The molecule has 0 spiro atoms. The van der Waals surface area contributed by atoms with Crippen molar-refractivity contribution in [1.82, 2.24) is 19.8 Å². The predicted molar refractivity (Wildman–Crippen MR) is 133 cm³/mol. The van der Waals surface area contributed by atoms with Crippen molar-refractivity contribution in [2.45, 2.75) is 12.3 Å². The fraction of sp³-hybridized carbons (Fsp3) is 0.160. The number of nitrogens with zero attached hydrogens (tertiary/aromatic N) is 4. The first-order valence-corrected chi connectivity index (χ1v) is 11.1. The van der Waals surface area contributed by atoms with Crippen molar-refractivity contribution < 1.29 is 23.1 Å². The van der Waals surface area contributed by atoms with Gasteiger partial charge in [-0.15, -0.1) is 14.8 Å². The molecule has 0 aliphatic heterocycles. The highest BCUT2D eigenvalue weighted by Crippen LogP contribution is 2.49. The summed E-state index contributed by atoms with van der Waals surface area (Å²) in [6.45, 7) is 3.44. The first-order valence-electron chi connectivity index (χ1n) is 11.1. The average molecular weight is 505 g/mol. The van der Waals surface area contributed by atoms with Gasteiger partial charge in [-0.2, -0.15) is 0 Å². The first-order chi connectivity index (χ1) is 17.7.